The largest absolute Gasteiger partial charge is 0.323 e. The Labute approximate surface area is 73.4 Å². The van der Waals surface area contributed by atoms with E-state index in [0.29, 0.717) is 5.88 Å². The molecule has 0 aliphatic rings. The fraction of sp³-hybridized carbons (Fsp3) is 0.125. The molecule has 62 valence electrons. The van der Waals surface area contributed by atoms with Crippen LogP contribution in [0.2, 0.25) is 0 Å². The van der Waals surface area contributed by atoms with Gasteiger partial charge in [-0.2, -0.15) is 0 Å². The highest BCUT2D eigenvalue weighted by Gasteiger charge is 2.01. The average molecular weight is 183 g/mol. The molecule has 0 spiro atoms. The van der Waals surface area contributed by atoms with E-state index >= 15 is 0 Å². The smallest absolute Gasteiger partial charge is 0.306 e. The summed E-state index contributed by atoms with van der Waals surface area (Å²) in [6, 6.07) is 5.59. The van der Waals surface area contributed by atoms with Crippen LogP contribution in [-0.2, 0) is 5.88 Å². The molecule has 1 aromatic heterocycles. The molecule has 0 unspecified atom stereocenters. The van der Waals surface area contributed by atoms with Gasteiger partial charge in [0.1, 0.15) is 0 Å². The van der Waals surface area contributed by atoms with Crippen molar-refractivity contribution in [2.75, 3.05) is 0 Å². The number of hydrogen-bond donors (Lipinski definition) is 2. The first kappa shape index (κ1) is 7.43. The minimum absolute atomic E-state index is 0.192. The third-order valence-electron chi connectivity index (χ3n) is 1.78. The molecule has 0 saturated carbocycles. The van der Waals surface area contributed by atoms with E-state index in [2.05, 4.69) is 9.97 Å². The van der Waals surface area contributed by atoms with E-state index in [9.17, 15) is 4.79 Å². The summed E-state index contributed by atoms with van der Waals surface area (Å²) in [5.74, 6) is 0.408. The zero-order chi connectivity index (χ0) is 8.55. The van der Waals surface area contributed by atoms with Crippen LogP contribution in [0.4, 0.5) is 0 Å². The number of halogens is 1. The average Bonchev–Trinajstić information content (AvgIpc) is 2.44. The number of alkyl halides is 1. The number of H-pyrrole nitrogens is 2. The highest BCUT2D eigenvalue weighted by molar-refractivity contribution is 6.17. The van der Waals surface area contributed by atoms with Crippen molar-refractivity contribution in [2.45, 2.75) is 5.88 Å². The predicted molar refractivity (Wildman–Crippen MR) is 48.5 cm³/mol. The van der Waals surface area contributed by atoms with E-state index in [-0.39, 0.29) is 5.69 Å². The number of rotatable bonds is 1. The van der Waals surface area contributed by atoms with Gasteiger partial charge in [0.05, 0.1) is 11.0 Å². The fourth-order valence-electron chi connectivity index (χ4n) is 1.23. The first-order chi connectivity index (χ1) is 5.81. The van der Waals surface area contributed by atoms with Crippen molar-refractivity contribution >= 4 is 22.6 Å². The number of hydrogen-bond acceptors (Lipinski definition) is 1. The monoisotopic (exact) mass is 182 g/mol. The van der Waals surface area contributed by atoms with Gasteiger partial charge in [0, 0.05) is 5.88 Å². The van der Waals surface area contributed by atoms with Gasteiger partial charge in [-0.25, -0.2) is 4.79 Å². The number of imidazole rings is 1. The first-order valence-electron chi connectivity index (χ1n) is 3.57. The van der Waals surface area contributed by atoms with Gasteiger partial charge in [-0.15, -0.1) is 11.6 Å². The van der Waals surface area contributed by atoms with Crippen LogP contribution in [0.25, 0.3) is 11.0 Å². The molecule has 2 aromatic rings. The molecule has 1 aromatic carbocycles. The molecule has 0 radical (unpaired) electrons. The second-order valence-electron chi connectivity index (χ2n) is 2.55. The molecule has 12 heavy (non-hydrogen) atoms. The van der Waals surface area contributed by atoms with Crippen molar-refractivity contribution in [3.63, 3.8) is 0 Å². The van der Waals surface area contributed by atoms with Gasteiger partial charge in [0.2, 0.25) is 0 Å². The summed E-state index contributed by atoms with van der Waals surface area (Å²) in [6.07, 6.45) is 0. The standard InChI is InChI=1S/C8H7ClN2O/c9-4-5-2-1-3-6-7(5)11-8(12)10-6/h1-3H,4H2,(H2,10,11,12). The maximum Gasteiger partial charge on any atom is 0.323 e. The molecule has 2 rings (SSSR count). The lowest BCUT2D eigenvalue weighted by Gasteiger charge is -1.94. The van der Waals surface area contributed by atoms with Crippen LogP contribution in [0, 0.1) is 0 Å². The van der Waals surface area contributed by atoms with Crippen molar-refractivity contribution in [2.24, 2.45) is 0 Å². The quantitative estimate of drug-likeness (QED) is 0.647. The number of para-hydroxylation sites is 1. The molecule has 0 fully saturated rings. The van der Waals surface area contributed by atoms with Gasteiger partial charge in [0.25, 0.3) is 0 Å². The van der Waals surface area contributed by atoms with Crippen LogP contribution >= 0.6 is 11.6 Å². The van der Waals surface area contributed by atoms with E-state index in [1.165, 1.54) is 0 Å². The SMILES string of the molecule is O=c1[nH]c2cccc(CCl)c2[nH]1. The zero-order valence-corrected chi connectivity index (χ0v) is 6.98. The summed E-state index contributed by atoms with van der Waals surface area (Å²) in [7, 11) is 0. The van der Waals surface area contributed by atoms with Crippen molar-refractivity contribution in [3.8, 4) is 0 Å². The molecule has 3 nitrogen and oxygen atoms in total. The van der Waals surface area contributed by atoms with E-state index in [1.54, 1.807) is 0 Å². The Bertz CT molecular complexity index is 457. The summed E-state index contributed by atoms with van der Waals surface area (Å²) in [6.45, 7) is 0. The van der Waals surface area contributed by atoms with E-state index in [4.69, 9.17) is 11.6 Å². The Morgan fingerprint density at radius 3 is 2.92 bits per heavy atom. The second-order valence-corrected chi connectivity index (χ2v) is 2.82. The molecule has 4 heteroatoms. The van der Waals surface area contributed by atoms with E-state index in [0.717, 1.165) is 16.6 Å². The van der Waals surface area contributed by atoms with Gasteiger partial charge in [0.15, 0.2) is 0 Å². The summed E-state index contributed by atoms with van der Waals surface area (Å²) in [4.78, 5) is 16.2. The molecule has 0 atom stereocenters. The van der Waals surface area contributed by atoms with Gasteiger partial charge >= 0.3 is 5.69 Å². The minimum Gasteiger partial charge on any atom is -0.306 e. The number of aromatic amines is 2. The topological polar surface area (TPSA) is 48.6 Å². The third kappa shape index (κ3) is 1.02. The minimum atomic E-state index is -0.192. The van der Waals surface area contributed by atoms with Crippen LogP contribution in [0.1, 0.15) is 5.56 Å². The number of nitrogens with one attached hydrogen (secondary N) is 2. The molecule has 1 heterocycles. The number of benzene rings is 1. The lowest BCUT2D eigenvalue weighted by molar-refractivity contribution is 1.21. The highest BCUT2D eigenvalue weighted by Crippen LogP contribution is 2.14. The number of aromatic nitrogens is 2. The fourth-order valence-corrected chi connectivity index (χ4v) is 1.45. The van der Waals surface area contributed by atoms with Crippen LogP contribution in [0.3, 0.4) is 0 Å². The van der Waals surface area contributed by atoms with Gasteiger partial charge in [-0.1, -0.05) is 12.1 Å². The normalized spacial score (nSPS) is 10.8. The van der Waals surface area contributed by atoms with Crippen LogP contribution in [0.5, 0.6) is 0 Å². The predicted octanol–water partition coefficient (Wildman–Crippen LogP) is 1.59. The summed E-state index contributed by atoms with van der Waals surface area (Å²) in [5, 5.41) is 0. The molecule has 0 saturated heterocycles. The van der Waals surface area contributed by atoms with E-state index < -0.39 is 0 Å². The lowest BCUT2D eigenvalue weighted by Crippen LogP contribution is -1.99. The Kier molecular flexibility index (Phi) is 1.66. The molecule has 0 amide bonds. The Hall–Kier alpha value is -1.22. The third-order valence-corrected chi connectivity index (χ3v) is 2.07. The molecule has 0 bridgehead atoms. The Morgan fingerprint density at radius 2 is 2.17 bits per heavy atom. The summed E-state index contributed by atoms with van der Waals surface area (Å²) < 4.78 is 0. The lowest BCUT2D eigenvalue weighted by atomic mass is 10.2. The Balaban J connectivity index is 2.87. The molecule has 0 aliphatic carbocycles. The van der Waals surface area contributed by atoms with Crippen molar-refractivity contribution in [1.29, 1.82) is 0 Å². The van der Waals surface area contributed by atoms with E-state index in [1.807, 2.05) is 18.2 Å². The van der Waals surface area contributed by atoms with Gasteiger partial charge < -0.3 is 9.97 Å². The van der Waals surface area contributed by atoms with Gasteiger partial charge in [-0.05, 0) is 11.6 Å². The van der Waals surface area contributed by atoms with Crippen LogP contribution in [0.15, 0.2) is 23.0 Å². The van der Waals surface area contributed by atoms with Crippen molar-refractivity contribution in [1.82, 2.24) is 9.97 Å². The Morgan fingerprint density at radius 1 is 1.33 bits per heavy atom. The summed E-state index contributed by atoms with van der Waals surface area (Å²) in [5.41, 5.74) is 2.35. The van der Waals surface area contributed by atoms with Crippen molar-refractivity contribution in [3.05, 3.63) is 34.2 Å². The summed E-state index contributed by atoms with van der Waals surface area (Å²) >= 11 is 5.68. The molecular weight excluding hydrogens is 176 g/mol. The first-order valence-corrected chi connectivity index (χ1v) is 4.10. The molecule has 0 aliphatic heterocycles. The maximum absolute atomic E-state index is 10.9. The number of fused-ring (bicyclic) bond motifs is 1. The highest BCUT2D eigenvalue weighted by atomic mass is 35.5. The zero-order valence-electron chi connectivity index (χ0n) is 6.23. The van der Waals surface area contributed by atoms with Crippen molar-refractivity contribution < 1.29 is 0 Å². The van der Waals surface area contributed by atoms with Gasteiger partial charge in [-0.3, -0.25) is 0 Å². The molecular formula is C8H7ClN2O. The van der Waals surface area contributed by atoms with Crippen LogP contribution in [-0.4, -0.2) is 9.97 Å². The molecule has 2 N–H and O–H groups in total. The maximum atomic E-state index is 10.9. The van der Waals surface area contributed by atoms with Crippen LogP contribution < -0.4 is 5.69 Å². The second kappa shape index (κ2) is 2.68.